The Hall–Kier alpha value is -4.00. The number of hydrogen-bond donors (Lipinski definition) is 1. The summed E-state index contributed by atoms with van der Waals surface area (Å²) >= 11 is 0. The number of aromatic nitrogens is 2. The second-order valence-electron chi connectivity index (χ2n) is 7.05. The van der Waals surface area contributed by atoms with Crippen LogP contribution in [0, 0.1) is 12.7 Å². The highest BCUT2D eigenvalue weighted by atomic mass is 19.1. The fourth-order valence-corrected chi connectivity index (χ4v) is 2.88. The average Bonchev–Trinajstić information content (AvgIpc) is 3.26. The molecule has 4 rings (SSSR count). The van der Waals surface area contributed by atoms with Gasteiger partial charge in [-0.25, -0.2) is 4.39 Å². The summed E-state index contributed by atoms with van der Waals surface area (Å²) in [5.41, 5.74) is 3.31. The molecule has 0 saturated carbocycles. The Bertz CT molecular complexity index is 1190. The molecule has 0 radical (unpaired) electrons. The lowest BCUT2D eigenvalue weighted by Gasteiger charge is -2.15. The van der Waals surface area contributed by atoms with E-state index in [4.69, 9.17) is 9.26 Å². The Morgan fingerprint density at radius 1 is 1.00 bits per heavy atom. The zero-order valence-electron chi connectivity index (χ0n) is 17.0. The highest BCUT2D eigenvalue weighted by Gasteiger charge is 2.17. The van der Waals surface area contributed by atoms with Gasteiger partial charge in [0.1, 0.15) is 0 Å². The van der Waals surface area contributed by atoms with Crippen molar-refractivity contribution >= 4 is 11.6 Å². The number of nitrogens with one attached hydrogen (secondary N) is 1. The largest absolute Gasteiger partial charge is 0.478 e. The van der Waals surface area contributed by atoms with Gasteiger partial charge in [0.25, 0.3) is 11.8 Å². The van der Waals surface area contributed by atoms with Crippen LogP contribution in [-0.2, 0) is 4.79 Å². The summed E-state index contributed by atoms with van der Waals surface area (Å²) < 4.78 is 24.5. The molecule has 7 heteroatoms. The molecule has 0 aliphatic carbocycles. The van der Waals surface area contributed by atoms with Crippen molar-refractivity contribution in [3.05, 3.63) is 84.2 Å². The van der Waals surface area contributed by atoms with Gasteiger partial charge in [-0.3, -0.25) is 4.79 Å². The van der Waals surface area contributed by atoms with Crippen molar-refractivity contribution < 1.29 is 18.4 Å². The molecule has 0 aliphatic heterocycles. The average molecular weight is 417 g/mol. The highest BCUT2D eigenvalue weighted by molar-refractivity contribution is 5.94. The first-order valence-corrected chi connectivity index (χ1v) is 9.73. The van der Waals surface area contributed by atoms with Gasteiger partial charge in [0.15, 0.2) is 17.7 Å². The molecule has 1 heterocycles. The Labute approximate surface area is 178 Å². The first-order chi connectivity index (χ1) is 15.0. The van der Waals surface area contributed by atoms with Crippen LogP contribution in [0.25, 0.3) is 22.8 Å². The molecule has 1 atom stereocenters. The number of hydrogen-bond acceptors (Lipinski definition) is 5. The number of amides is 1. The van der Waals surface area contributed by atoms with Crippen molar-refractivity contribution in [1.29, 1.82) is 0 Å². The summed E-state index contributed by atoms with van der Waals surface area (Å²) in [7, 11) is 0. The van der Waals surface area contributed by atoms with E-state index in [9.17, 15) is 9.18 Å². The van der Waals surface area contributed by atoms with E-state index >= 15 is 0 Å². The number of aryl methyl sites for hydroxylation is 1. The maximum absolute atomic E-state index is 13.7. The fourth-order valence-electron chi connectivity index (χ4n) is 2.88. The van der Waals surface area contributed by atoms with Gasteiger partial charge >= 0.3 is 0 Å². The van der Waals surface area contributed by atoms with Gasteiger partial charge in [-0.1, -0.05) is 47.1 Å². The normalized spacial score (nSPS) is 11.7. The molecular formula is C24H20FN3O3. The van der Waals surface area contributed by atoms with Crippen LogP contribution in [0.15, 0.2) is 77.3 Å². The molecule has 156 valence electrons. The fraction of sp³-hybridized carbons (Fsp3) is 0.125. The summed E-state index contributed by atoms with van der Waals surface area (Å²) in [5.74, 6) is 0.00370. The van der Waals surface area contributed by atoms with Crippen LogP contribution in [-0.4, -0.2) is 22.2 Å². The van der Waals surface area contributed by atoms with Gasteiger partial charge < -0.3 is 14.6 Å². The van der Waals surface area contributed by atoms with E-state index in [1.54, 1.807) is 43.3 Å². The van der Waals surface area contributed by atoms with E-state index in [-0.39, 0.29) is 5.75 Å². The molecular weight excluding hydrogens is 397 g/mol. The maximum Gasteiger partial charge on any atom is 0.265 e. The first-order valence-electron chi connectivity index (χ1n) is 9.73. The molecule has 1 aromatic heterocycles. The van der Waals surface area contributed by atoms with Crippen molar-refractivity contribution in [2.45, 2.75) is 20.0 Å². The summed E-state index contributed by atoms with van der Waals surface area (Å²) in [5, 5.41) is 6.77. The number of anilines is 1. The third-order valence-electron chi connectivity index (χ3n) is 4.64. The number of ether oxygens (including phenoxy) is 1. The van der Waals surface area contributed by atoms with Gasteiger partial charge in [-0.2, -0.15) is 4.98 Å². The minimum atomic E-state index is -0.871. The number of nitrogens with zero attached hydrogens (tertiary/aromatic N) is 2. The zero-order valence-corrected chi connectivity index (χ0v) is 17.0. The maximum atomic E-state index is 13.7. The van der Waals surface area contributed by atoms with Gasteiger partial charge in [0.2, 0.25) is 5.82 Å². The van der Waals surface area contributed by atoms with E-state index in [1.807, 2.05) is 31.2 Å². The number of carbonyl (C=O) groups excluding carboxylic acids is 1. The SMILES string of the molecule is Cc1ccc(-c2noc(-c3ccc(NC(=O)C(C)Oc4ccccc4F)cc3)n2)cc1. The van der Waals surface area contributed by atoms with E-state index in [0.29, 0.717) is 17.4 Å². The van der Waals surface area contributed by atoms with Gasteiger partial charge in [-0.15, -0.1) is 0 Å². The van der Waals surface area contributed by atoms with Crippen LogP contribution in [0.1, 0.15) is 12.5 Å². The summed E-state index contributed by atoms with van der Waals surface area (Å²) in [6.07, 6.45) is -0.871. The minimum absolute atomic E-state index is 0.0290. The van der Waals surface area contributed by atoms with Crippen LogP contribution in [0.2, 0.25) is 0 Å². The Morgan fingerprint density at radius 2 is 1.68 bits per heavy atom. The summed E-state index contributed by atoms with van der Waals surface area (Å²) in [6, 6.07) is 20.8. The predicted molar refractivity (Wildman–Crippen MR) is 115 cm³/mol. The van der Waals surface area contributed by atoms with Crippen LogP contribution in [0.5, 0.6) is 5.75 Å². The van der Waals surface area contributed by atoms with Crippen molar-refractivity contribution in [3.8, 4) is 28.6 Å². The van der Waals surface area contributed by atoms with E-state index < -0.39 is 17.8 Å². The Balaban J connectivity index is 1.41. The van der Waals surface area contributed by atoms with Gasteiger partial charge in [0, 0.05) is 16.8 Å². The standard InChI is InChI=1S/C24H20FN3O3/c1-15-7-9-17(10-8-15)22-27-24(31-28-22)18-11-13-19(14-12-18)26-23(29)16(2)30-21-6-4-3-5-20(21)25/h3-14,16H,1-2H3,(H,26,29). The quantitative estimate of drug-likeness (QED) is 0.463. The topological polar surface area (TPSA) is 77.2 Å². The van der Waals surface area contributed by atoms with Gasteiger partial charge in [-0.05, 0) is 50.2 Å². The van der Waals surface area contributed by atoms with Crippen molar-refractivity contribution in [2.24, 2.45) is 0 Å². The second kappa shape index (κ2) is 8.79. The van der Waals surface area contributed by atoms with Crippen molar-refractivity contribution in [2.75, 3.05) is 5.32 Å². The third kappa shape index (κ3) is 4.78. The van der Waals surface area contributed by atoms with Crippen molar-refractivity contribution in [1.82, 2.24) is 10.1 Å². The predicted octanol–water partition coefficient (Wildman–Crippen LogP) is 5.26. The van der Waals surface area contributed by atoms with E-state index in [2.05, 4.69) is 15.5 Å². The molecule has 6 nitrogen and oxygen atoms in total. The Morgan fingerprint density at radius 3 is 2.39 bits per heavy atom. The van der Waals surface area contributed by atoms with E-state index in [0.717, 1.165) is 16.7 Å². The smallest absolute Gasteiger partial charge is 0.265 e. The van der Waals surface area contributed by atoms with Gasteiger partial charge in [0.05, 0.1) is 0 Å². The lowest BCUT2D eigenvalue weighted by Crippen LogP contribution is -2.30. The third-order valence-corrected chi connectivity index (χ3v) is 4.64. The number of benzene rings is 3. The minimum Gasteiger partial charge on any atom is -0.478 e. The molecule has 0 spiro atoms. The number of halogens is 1. The van der Waals surface area contributed by atoms with Crippen molar-refractivity contribution in [3.63, 3.8) is 0 Å². The molecule has 0 fully saturated rings. The first kappa shape index (κ1) is 20.3. The monoisotopic (exact) mass is 417 g/mol. The van der Waals surface area contributed by atoms with E-state index in [1.165, 1.54) is 12.1 Å². The number of carbonyl (C=O) groups is 1. The molecule has 31 heavy (non-hydrogen) atoms. The second-order valence-corrected chi connectivity index (χ2v) is 7.05. The molecule has 0 bridgehead atoms. The van der Waals surface area contributed by atoms with Crippen LogP contribution >= 0.6 is 0 Å². The highest BCUT2D eigenvalue weighted by Crippen LogP contribution is 2.24. The lowest BCUT2D eigenvalue weighted by molar-refractivity contribution is -0.122. The molecule has 1 amide bonds. The molecule has 1 N–H and O–H groups in total. The molecule has 0 saturated heterocycles. The molecule has 3 aromatic carbocycles. The number of para-hydroxylation sites is 1. The number of rotatable bonds is 6. The molecule has 0 aliphatic rings. The zero-order chi connectivity index (χ0) is 21.8. The van der Waals surface area contributed by atoms with Crippen LogP contribution in [0.4, 0.5) is 10.1 Å². The molecule has 1 unspecified atom stereocenters. The van der Waals surface area contributed by atoms with Crippen LogP contribution < -0.4 is 10.1 Å². The summed E-state index contributed by atoms with van der Waals surface area (Å²) in [4.78, 5) is 16.8. The van der Waals surface area contributed by atoms with Crippen LogP contribution in [0.3, 0.4) is 0 Å². The molecule has 4 aromatic rings. The lowest BCUT2D eigenvalue weighted by atomic mass is 10.1. The summed E-state index contributed by atoms with van der Waals surface area (Å²) in [6.45, 7) is 3.57. The Kier molecular flexibility index (Phi) is 5.75.